The number of rotatable bonds is 8. The van der Waals surface area contributed by atoms with Gasteiger partial charge in [-0.3, -0.25) is 14.2 Å². The van der Waals surface area contributed by atoms with Crippen LogP contribution in [0.5, 0.6) is 0 Å². The molecule has 36 heavy (non-hydrogen) atoms. The maximum atomic E-state index is 14.7. The highest BCUT2D eigenvalue weighted by molar-refractivity contribution is 5.94. The van der Waals surface area contributed by atoms with Gasteiger partial charge in [0.2, 0.25) is 0 Å². The smallest absolute Gasteiger partial charge is 0.266 e. The standard InChI is InChI=1S/C30H32FN3O2/c1-5-21-15-17-22(18-16-21)34-28(32-26-14-10-8-12-24(26)30(34)36)27(6-2)33(19-20(3)4)29(35)23-11-7-9-13-25(23)31/h7-18,20,27H,5-6,19H2,1-4H3. The molecule has 1 amide bonds. The average Bonchev–Trinajstić information content (AvgIpc) is 2.88. The molecule has 0 bridgehead atoms. The summed E-state index contributed by atoms with van der Waals surface area (Å²) in [6, 6.07) is 20.5. The highest BCUT2D eigenvalue weighted by Crippen LogP contribution is 2.29. The van der Waals surface area contributed by atoms with E-state index >= 15 is 0 Å². The van der Waals surface area contributed by atoms with E-state index in [2.05, 4.69) is 6.92 Å². The van der Waals surface area contributed by atoms with Gasteiger partial charge in [0.25, 0.3) is 11.5 Å². The highest BCUT2D eigenvalue weighted by atomic mass is 19.1. The maximum absolute atomic E-state index is 14.7. The lowest BCUT2D eigenvalue weighted by molar-refractivity contribution is 0.0626. The van der Waals surface area contributed by atoms with Gasteiger partial charge in [-0.2, -0.15) is 0 Å². The van der Waals surface area contributed by atoms with Crippen molar-refractivity contribution in [2.45, 2.75) is 46.6 Å². The third-order valence-electron chi connectivity index (χ3n) is 6.39. The van der Waals surface area contributed by atoms with Crippen LogP contribution in [0.15, 0.2) is 77.6 Å². The second-order valence-corrected chi connectivity index (χ2v) is 9.40. The van der Waals surface area contributed by atoms with Crippen LogP contribution in [0.3, 0.4) is 0 Å². The summed E-state index contributed by atoms with van der Waals surface area (Å²) in [6.45, 7) is 8.45. The predicted molar refractivity (Wildman–Crippen MR) is 142 cm³/mol. The predicted octanol–water partition coefficient (Wildman–Crippen LogP) is 6.34. The topological polar surface area (TPSA) is 55.2 Å². The second kappa shape index (κ2) is 10.9. The molecule has 0 aliphatic rings. The van der Waals surface area contributed by atoms with Crippen molar-refractivity contribution in [3.63, 3.8) is 0 Å². The monoisotopic (exact) mass is 485 g/mol. The first-order valence-electron chi connectivity index (χ1n) is 12.5. The van der Waals surface area contributed by atoms with E-state index in [-0.39, 0.29) is 17.0 Å². The Morgan fingerprint density at radius 3 is 2.28 bits per heavy atom. The Morgan fingerprint density at radius 1 is 0.972 bits per heavy atom. The quantitative estimate of drug-likeness (QED) is 0.293. The van der Waals surface area contributed by atoms with Gasteiger partial charge in [0.05, 0.1) is 28.2 Å². The number of aromatic nitrogens is 2. The van der Waals surface area contributed by atoms with Gasteiger partial charge >= 0.3 is 0 Å². The van der Waals surface area contributed by atoms with Gasteiger partial charge in [-0.1, -0.05) is 64.1 Å². The number of hydrogen-bond acceptors (Lipinski definition) is 3. The van der Waals surface area contributed by atoms with Crippen molar-refractivity contribution >= 4 is 16.8 Å². The summed E-state index contributed by atoms with van der Waals surface area (Å²) in [6.07, 6.45) is 1.39. The van der Waals surface area contributed by atoms with E-state index in [1.54, 1.807) is 27.7 Å². The maximum Gasteiger partial charge on any atom is 0.266 e. The summed E-state index contributed by atoms with van der Waals surface area (Å²) < 4.78 is 16.3. The van der Waals surface area contributed by atoms with Crippen molar-refractivity contribution in [3.05, 3.63) is 106 Å². The zero-order chi connectivity index (χ0) is 25.8. The summed E-state index contributed by atoms with van der Waals surface area (Å²) in [5, 5.41) is 0.506. The van der Waals surface area contributed by atoms with E-state index in [4.69, 9.17) is 4.98 Å². The molecule has 1 atom stereocenters. The van der Waals surface area contributed by atoms with Crippen molar-refractivity contribution in [1.29, 1.82) is 0 Å². The number of hydrogen-bond donors (Lipinski definition) is 0. The molecule has 0 spiro atoms. The first kappa shape index (κ1) is 25.3. The first-order valence-corrected chi connectivity index (χ1v) is 12.5. The summed E-state index contributed by atoms with van der Waals surface area (Å²) in [5.41, 5.74) is 2.23. The summed E-state index contributed by atoms with van der Waals surface area (Å²) >= 11 is 0. The average molecular weight is 486 g/mol. The van der Waals surface area contributed by atoms with Gasteiger partial charge in [-0.15, -0.1) is 0 Å². The van der Waals surface area contributed by atoms with Gasteiger partial charge in [-0.25, -0.2) is 9.37 Å². The number of fused-ring (bicyclic) bond motifs is 1. The Kier molecular flexibility index (Phi) is 7.63. The summed E-state index contributed by atoms with van der Waals surface area (Å²) in [4.78, 5) is 34.1. The molecule has 5 nitrogen and oxygen atoms in total. The lowest BCUT2D eigenvalue weighted by atomic mass is 10.0. The van der Waals surface area contributed by atoms with Crippen molar-refractivity contribution in [2.24, 2.45) is 5.92 Å². The largest absolute Gasteiger partial charge is 0.328 e. The third kappa shape index (κ3) is 4.94. The molecule has 4 aromatic rings. The van der Waals surface area contributed by atoms with Crippen molar-refractivity contribution in [2.75, 3.05) is 6.54 Å². The van der Waals surface area contributed by atoms with Crippen LogP contribution < -0.4 is 5.56 Å². The molecule has 186 valence electrons. The molecule has 0 saturated heterocycles. The Balaban J connectivity index is 1.96. The molecule has 4 rings (SSSR count). The van der Waals surface area contributed by atoms with Crippen LogP contribution in [-0.2, 0) is 6.42 Å². The molecule has 0 aliphatic carbocycles. The van der Waals surface area contributed by atoms with Crippen molar-refractivity contribution < 1.29 is 9.18 Å². The number of aryl methyl sites for hydroxylation is 1. The number of halogens is 1. The van der Waals surface area contributed by atoms with Crippen LogP contribution in [0.2, 0.25) is 0 Å². The zero-order valence-corrected chi connectivity index (χ0v) is 21.2. The molecule has 6 heteroatoms. The van der Waals surface area contributed by atoms with Gasteiger partial charge in [0, 0.05) is 6.54 Å². The molecule has 0 fully saturated rings. The molecule has 0 saturated carbocycles. The number of para-hydroxylation sites is 1. The second-order valence-electron chi connectivity index (χ2n) is 9.40. The van der Waals surface area contributed by atoms with E-state index in [9.17, 15) is 14.0 Å². The third-order valence-corrected chi connectivity index (χ3v) is 6.39. The highest BCUT2D eigenvalue weighted by Gasteiger charge is 2.31. The van der Waals surface area contributed by atoms with Crippen molar-refractivity contribution in [3.8, 4) is 5.69 Å². The van der Waals surface area contributed by atoms with E-state index in [1.165, 1.54) is 12.1 Å². The van der Waals surface area contributed by atoms with Gasteiger partial charge in [0.15, 0.2) is 0 Å². The zero-order valence-electron chi connectivity index (χ0n) is 21.2. The van der Waals surface area contributed by atoms with Gasteiger partial charge in [0.1, 0.15) is 11.6 Å². The van der Waals surface area contributed by atoms with E-state index in [1.807, 2.05) is 63.2 Å². The van der Waals surface area contributed by atoms with Crippen LogP contribution in [-0.4, -0.2) is 26.9 Å². The SMILES string of the molecule is CCc1ccc(-n2c(C(CC)N(CC(C)C)C(=O)c3ccccc3F)nc3ccccc3c2=O)cc1. The Labute approximate surface area is 211 Å². The fourth-order valence-corrected chi connectivity index (χ4v) is 4.58. The number of carbonyl (C=O) groups is 1. The molecular weight excluding hydrogens is 453 g/mol. The fourth-order valence-electron chi connectivity index (χ4n) is 4.58. The summed E-state index contributed by atoms with van der Waals surface area (Å²) in [5.74, 6) is -0.385. The minimum absolute atomic E-state index is 0.0126. The number of amides is 1. The van der Waals surface area contributed by atoms with Gasteiger partial charge < -0.3 is 4.90 Å². The summed E-state index contributed by atoms with van der Waals surface area (Å²) in [7, 11) is 0. The van der Waals surface area contributed by atoms with E-state index in [0.29, 0.717) is 35.4 Å². The first-order chi connectivity index (χ1) is 17.3. The molecule has 1 unspecified atom stereocenters. The van der Waals surface area contributed by atoms with Gasteiger partial charge in [-0.05, 0) is 60.7 Å². The molecule has 0 aliphatic heterocycles. The molecule has 1 heterocycles. The normalized spacial score (nSPS) is 12.2. The Bertz CT molecular complexity index is 1430. The molecular formula is C30H32FN3O2. The lowest BCUT2D eigenvalue weighted by Crippen LogP contribution is -2.40. The van der Waals surface area contributed by atoms with E-state index < -0.39 is 17.8 Å². The lowest BCUT2D eigenvalue weighted by Gasteiger charge is -2.33. The number of nitrogens with zero attached hydrogens (tertiary/aromatic N) is 3. The molecule has 0 radical (unpaired) electrons. The van der Waals surface area contributed by atoms with Crippen LogP contribution in [0, 0.1) is 11.7 Å². The fraction of sp³-hybridized carbons (Fsp3) is 0.300. The van der Waals surface area contributed by atoms with Crippen LogP contribution in [0.1, 0.15) is 61.9 Å². The number of carbonyl (C=O) groups excluding carboxylic acids is 1. The Hall–Kier alpha value is -3.80. The van der Waals surface area contributed by atoms with E-state index in [0.717, 1.165) is 12.0 Å². The van der Waals surface area contributed by atoms with Crippen LogP contribution >= 0.6 is 0 Å². The Morgan fingerprint density at radius 2 is 1.64 bits per heavy atom. The van der Waals surface area contributed by atoms with Crippen LogP contribution in [0.4, 0.5) is 4.39 Å². The molecule has 0 N–H and O–H groups in total. The minimum atomic E-state index is -0.565. The molecule has 1 aromatic heterocycles. The molecule has 3 aromatic carbocycles. The minimum Gasteiger partial charge on any atom is -0.328 e. The van der Waals surface area contributed by atoms with Crippen molar-refractivity contribution in [1.82, 2.24) is 14.5 Å². The van der Waals surface area contributed by atoms with Crippen LogP contribution in [0.25, 0.3) is 16.6 Å². The number of benzene rings is 3.